The van der Waals surface area contributed by atoms with E-state index in [1.807, 2.05) is 6.07 Å². The van der Waals surface area contributed by atoms with Crippen molar-refractivity contribution in [1.29, 1.82) is 5.26 Å². The third-order valence-electron chi connectivity index (χ3n) is 1.64. The Morgan fingerprint density at radius 1 is 1.64 bits per heavy atom. The molecule has 0 bridgehead atoms. The van der Waals surface area contributed by atoms with Gasteiger partial charge in [-0.05, 0) is 33.6 Å². The van der Waals surface area contributed by atoms with Crippen LogP contribution in [0.15, 0.2) is 16.6 Å². The minimum Gasteiger partial charge on any atom is -0.478 e. The summed E-state index contributed by atoms with van der Waals surface area (Å²) >= 11 is 8.67. The lowest BCUT2D eigenvalue weighted by atomic mass is 10.1. The Balaban J connectivity index is 3.44. The van der Waals surface area contributed by atoms with Crippen LogP contribution in [0.1, 0.15) is 21.5 Å². The second kappa shape index (κ2) is 4.45. The van der Waals surface area contributed by atoms with Gasteiger partial charge in [0.05, 0.1) is 11.1 Å². The monoisotopic (exact) mass is 273 g/mol. The fraction of sp³-hybridized carbons (Fsp3) is 0.111. The van der Waals surface area contributed by atoms with Crippen molar-refractivity contribution < 1.29 is 9.90 Å². The highest BCUT2D eigenvalue weighted by Gasteiger charge is 2.15. The highest BCUT2D eigenvalue weighted by atomic mass is 79.9. The predicted octanol–water partition coefficient (Wildman–Crippen LogP) is 2.76. The van der Waals surface area contributed by atoms with Crippen LogP contribution < -0.4 is 0 Å². The van der Waals surface area contributed by atoms with Crippen molar-refractivity contribution in [2.75, 3.05) is 0 Å². The maximum Gasteiger partial charge on any atom is 0.338 e. The third-order valence-corrected chi connectivity index (χ3v) is 2.57. The standard InChI is InChI=1S/C9H5BrClNO2/c10-7-2-5(3-11)1-6(4-12)8(7)9(13)14/h1-2H,3H2,(H,13,14). The SMILES string of the molecule is N#Cc1cc(CCl)cc(Br)c1C(=O)O. The normalized spacial score (nSPS) is 9.50. The summed E-state index contributed by atoms with van der Waals surface area (Å²) in [4.78, 5) is 10.8. The number of rotatable bonds is 2. The van der Waals surface area contributed by atoms with Crippen molar-refractivity contribution in [3.05, 3.63) is 33.3 Å². The molecule has 3 nitrogen and oxygen atoms in total. The highest BCUT2D eigenvalue weighted by Crippen LogP contribution is 2.23. The Kier molecular flexibility index (Phi) is 3.50. The van der Waals surface area contributed by atoms with Gasteiger partial charge in [-0.25, -0.2) is 4.79 Å². The van der Waals surface area contributed by atoms with Crippen molar-refractivity contribution in [1.82, 2.24) is 0 Å². The first-order valence-electron chi connectivity index (χ1n) is 3.62. The molecule has 1 N–H and O–H groups in total. The molecule has 72 valence electrons. The number of hydrogen-bond donors (Lipinski definition) is 1. The van der Waals surface area contributed by atoms with Crippen LogP contribution >= 0.6 is 27.5 Å². The Bertz CT molecular complexity index is 426. The second-order valence-corrected chi connectivity index (χ2v) is 3.67. The summed E-state index contributed by atoms with van der Waals surface area (Å²) in [7, 11) is 0. The minimum absolute atomic E-state index is 0.0265. The summed E-state index contributed by atoms with van der Waals surface area (Å²) in [5, 5.41) is 17.6. The first kappa shape index (κ1) is 11.0. The van der Waals surface area contributed by atoms with E-state index in [0.717, 1.165) is 0 Å². The largest absolute Gasteiger partial charge is 0.478 e. The molecule has 0 saturated carbocycles. The van der Waals surface area contributed by atoms with E-state index >= 15 is 0 Å². The number of nitriles is 1. The van der Waals surface area contributed by atoms with E-state index < -0.39 is 5.97 Å². The summed E-state index contributed by atoms with van der Waals surface area (Å²) in [6, 6.07) is 4.89. The van der Waals surface area contributed by atoms with Crippen molar-refractivity contribution in [2.45, 2.75) is 5.88 Å². The van der Waals surface area contributed by atoms with E-state index in [9.17, 15) is 4.79 Å². The van der Waals surface area contributed by atoms with E-state index in [1.54, 1.807) is 6.07 Å². The lowest BCUT2D eigenvalue weighted by molar-refractivity contribution is 0.0695. The molecule has 0 atom stereocenters. The molecule has 1 rings (SSSR count). The molecule has 0 fully saturated rings. The quantitative estimate of drug-likeness (QED) is 0.844. The molecular formula is C9H5BrClNO2. The molecule has 1 aromatic carbocycles. The van der Waals surface area contributed by atoms with Crippen LogP contribution in [0.2, 0.25) is 0 Å². The van der Waals surface area contributed by atoms with Crippen LogP contribution in [0.4, 0.5) is 0 Å². The third kappa shape index (κ3) is 2.06. The molecule has 0 spiro atoms. The smallest absolute Gasteiger partial charge is 0.338 e. The van der Waals surface area contributed by atoms with Gasteiger partial charge in [0.1, 0.15) is 6.07 Å². The Labute approximate surface area is 94.0 Å². The number of hydrogen-bond acceptors (Lipinski definition) is 2. The molecule has 0 amide bonds. The zero-order valence-corrected chi connectivity index (χ0v) is 9.26. The van der Waals surface area contributed by atoms with Gasteiger partial charge in [0, 0.05) is 10.4 Å². The van der Waals surface area contributed by atoms with Crippen LogP contribution in [0.5, 0.6) is 0 Å². The zero-order valence-electron chi connectivity index (χ0n) is 6.92. The second-order valence-electron chi connectivity index (χ2n) is 2.55. The summed E-state index contributed by atoms with van der Waals surface area (Å²) in [5.74, 6) is -0.887. The van der Waals surface area contributed by atoms with E-state index in [-0.39, 0.29) is 17.0 Å². The first-order chi connectivity index (χ1) is 6.60. The lowest BCUT2D eigenvalue weighted by Crippen LogP contribution is -2.02. The molecule has 14 heavy (non-hydrogen) atoms. The summed E-state index contributed by atoms with van der Waals surface area (Å²) < 4.78 is 0.375. The number of aromatic carboxylic acids is 1. The van der Waals surface area contributed by atoms with Crippen molar-refractivity contribution in [3.63, 3.8) is 0 Å². The average Bonchev–Trinajstić information content (AvgIpc) is 2.15. The fourth-order valence-electron chi connectivity index (χ4n) is 1.05. The van der Waals surface area contributed by atoms with Crippen LogP contribution in [-0.4, -0.2) is 11.1 Å². The zero-order chi connectivity index (χ0) is 10.7. The molecule has 0 radical (unpaired) electrons. The van der Waals surface area contributed by atoms with E-state index in [1.165, 1.54) is 6.07 Å². The molecule has 0 aliphatic rings. The van der Waals surface area contributed by atoms with Gasteiger partial charge in [-0.2, -0.15) is 5.26 Å². The van der Waals surface area contributed by atoms with Gasteiger partial charge < -0.3 is 5.11 Å². The summed E-state index contributed by atoms with van der Waals surface area (Å²) in [6.45, 7) is 0. The Morgan fingerprint density at radius 3 is 2.71 bits per heavy atom. The molecule has 0 saturated heterocycles. The topological polar surface area (TPSA) is 61.1 Å². The molecule has 0 aromatic heterocycles. The molecule has 5 heteroatoms. The van der Waals surface area contributed by atoms with Gasteiger partial charge in [0.15, 0.2) is 0 Å². The fourth-order valence-corrected chi connectivity index (χ4v) is 1.88. The van der Waals surface area contributed by atoms with Gasteiger partial charge in [-0.15, -0.1) is 11.6 Å². The summed E-state index contributed by atoms with van der Waals surface area (Å²) in [5.41, 5.74) is 0.795. The van der Waals surface area contributed by atoms with Crippen molar-refractivity contribution in [2.24, 2.45) is 0 Å². The number of carboxylic acids is 1. The van der Waals surface area contributed by atoms with Gasteiger partial charge in [-0.1, -0.05) is 0 Å². The van der Waals surface area contributed by atoms with E-state index in [0.29, 0.717) is 10.0 Å². The first-order valence-corrected chi connectivity index (χ1v) is 4.94. The van der Waals surface area contributed by atoms with Gasteiger partial charge >= 0.3 is 5.97 Å². The van der Waals surface area contributed by atoms with Gasteiger partial charge in [-0.3, -0.25) is 0 Å². The predicted molar refractivity (Wildman–Crippen MR) is 55.4 cm³/mol. The highest BCUT2D eigenvalue weighted by molar-refractivity contribution is 9.10. The van der Waals surface area contributed by atoms with Gasteiger partial charge in [0.2, 0.25) is 0 Å². The number of alkyl halides is 1. The molecule has 0 aliphatic carbocycles. The van der Waals surface area contributed by atoms with Crippen LogP contribution in [0.3, 0.4) is 0 Å². The minimum atomic E-state index is -1.13. The number of benzene rings is 1. The maximum absolute atomic E-state index is 10.8. The van der Waals surface area contributed by atoms with Crippen LogP contribution in [0.25, 0.3) is 0 Å². The van der Waals surface area contributed by atoms with Crippen molar-refractivity contribution >= 4 is 33.5 Å². The van der Waals surface area contributed by atoms with Crippen molar-refractivity contribution in [3.8, 4) is 6.07 Å². The number of carboxylic acid groups (broad SMARTS) is 1. The van der Waals surface area contributed by atoms with Crippen LogP contribution in [0, 0.1) is 11.3 Å². The Hall–Kier alpha value is -1.05. The van der Waals surface area contributed by atoms with Gasteiger partial charge in [0.25, 0.3) is 0 Å². The molecule has 0 unspecified atom stereocenters. The Morgan fingerprint density at radius 2 is 2.29 bits per heavy atom. The maximum atomic E-state index is 10.8. The molecule has 0 aliphatic heterocycles. The summed E-state index contributed by atoms with van der Waals surface area (Å²) in [6.07, 6.45) is 0. The molecular weight excluding hydrogens is 269 g/mol. The van der Waals surface area contributed by atoms with E-state index in [2.05, 4.69) is 15.9 Å². The average molecular weight is 275 g/mol. The number of carbonyl (C=O) groups is 1. The van der Waals surface area contributed by atoms with Crippen LogP contribution in [-0.2, 0) is 5.88 Å². The number of nitrogens with zero attached hydrogens (tertiary/aromatic N) is 1. The van der Waals surface area contributed by atoms with E-state index in [4.69, 9.17) is 22.0 Å². The molecule has 1 aromatic rings. The number of halogens is 2. The lowest BCUT2D eigenvalue weighted by Gasteiger charge is -2.04. The molecule has 0 heterocycles.